The van der Waals surface area contributed by atoms with Crippen LogP contribution in [0.5, 0.6) is 0 Å². The molecule has 2 fully saturated rings. The molecule has 0 aromatic carbocycles. The van der Waals surface area contributed by atoms with Gasteiger partial charge in [0.25, 0.3) is 0 Å². The Hall–Kier alpha value is -0.650. The molecule has 0 radical (unpaired) electrons. The summed E-state index contributed by atoms with van der Waals surface area (Å²) in [4.78, 5) is 11.7. The molecule has 1 atom stereocenters. The summed E-state index contributed by atoms with van der Waals surface area (Å²) in [7, 11) is 0. The maximum atomic E-state index is 11.7. The van der Waals surface area contributed by atoms with Gasteiger partial charge in [-0.2, -0.15) is 0 Å². The molecule has 0 spiro atoms. The van der Waals surface area contributed by atoms with Gasteiger partial charge in [-0.25, -0.2) is 0 Å². The molecule has 2 aliphatic rings. The van der Waals surface area contributed by atoms with Crippen LogP contribution in [0, 0.1) is 0 Å². The fraction of sp³-hybridized carbons (Fsp3) is 0.900. The van der Waals surface area contributed by atoms with Crippen LogP contribution in [-0.2, 0) is 14.3 Å². The van der Waals surface area contributed by atoms with Crippen molar-refractivity contribution in [3.63, 3.8) is 0 Å². The van der Waals surface area contributed by atoms with Crippen LogP contribution < -0.4 is 11.1 Å². The van der Waals surface area contributed by atoms with E-state index in [1.54, 1.807) is 0 Å². The Kier molecular flexibility index (Phi) is 3.23. The Bertz CT molecular complexity index is 235. The fourth-order valence-electron chi connectivity index (χ4n) is 1.82. The molecule has 1 aliphatic heterocycles. The Morgan fingerprint density at radius 3 is 2.80 bits per heavy atom. The average Bonchev–Trinajstić information content (AvgIpc) is 2.24. The number of hydrogen-bond acceptors (Lipinski definition) is 4. The highest BCUT2D eigenvalue weighted by atomic mass is 16.6. The summed E-state index contributed by atoms with van der Waals surface area (Å²) in [5.74, 6) is -0.0528. The summed E-state index contributed by atoms with van der Waals surface area (Å²) in [5.41, 5.74) is 5.26. The third kappa shape index (κ3) is 2.48. The van der Waals surface area contributed by atoms with Gasteiger partial charge in [0.05, 0.1) is 31.5 Å². The van der Waals surface area contributed by atoms with Gasteiger partial charge >= 0.3 is 0 Å². The molecule has 5 nitrogen and oxygen atoms in total. The van der Waals surface area contributed by atoms with Gasteiger partial charge in [-0.3, -0.25) is 4.79 Å². The van der Waals surface area contributed by atoms with Crippen LogP contribution in [0.1, 0.15) is 19.3 Å². The van der Waals surface area contributed by atoms with Crippen molar-refractivity contribution in [2.45, 2.75) is 30.9 Å². The SMILES string of the molecule is NC1(C(=O)NCC2COCCO2)CCC1. The Labute approximate surface area is 89.3 Å². The number of nitrogens with one attached hydrogen (secondary N) is 1. The summed E-state index contributed by atoms with van der Waals surface area (Å²) in [6.45, 7) is 2.30. The van der Waals surface area contributed by atoms with E-state index in [4.69, 9.17) is 15.2 Å². The summed E-state index contributed by atoms with van der Waals surface area (Å²) >= 11 is 0. The largest absolute Gasteiger partial charge is 0.376 e. The van der Waals surface area contributed by atoms with Gasteiger partial charge < -0.3 is 20.5 Å². The molecule has 1 saturated carbocycles. The van der Waals surface area contributed by atoms with Gasteiger partial charge in [-0.05, 0) is 19.3 Å². The zero-order valence-corrected chi connectivity index (χ0v) is 8.83. The maximum absolute atomic E-state index is 11.7. The Morgan fingerprint density at radius 2 is 2.27 bits per heavy atom. The third-order valence-corrected chi connectivity index (χ3v) is 3.07. The van der Waals surface area contributed by atoms with E-state index in [1.165, 1.54) is 0 Å². The molecule has 1 aliphatic carbocycles. The van der Waals surface area contributed by atoms with Crippen molar-refractivity contribution in [1.82, 2.24) is 5.32 Å². The van der Waals surface area contributed by atoms with Crippen molar-refractivity contribution < 1.29 is 14.3 Å². The summed E-state index contributed by atoms with van der Waals surface area (Å²) < 4.78 is 10.6. The molecule has 1 unspecified atom stereocenters. The zero-order chi connectivity index (χ0) is 10.7. The number of carbonyl (C=O) groups is 1. The number of carbonyl (C=O) groups excluding carboxylic acids is 1. The van der Waals surface area contributed by atoms with Gasteiger partial charge in [0.2, 0.25) is 5.91 Å². The summed E-state index contributed by atoms with van der Waals surface area (Å²) in [6.07, 6.45) is 2.61. The zero-order valence-electron chi connectivity index (χ0n) is 8.83. The van der Waals surface area contributed by atoms with E-state index in [-0.39, 0.29) is 12.0 Å². The molecule has 15 heavy (non-hydrogen) atoms. The lowest BCUT2D eigenvalue weighted by molar-refractivity contribution is -0.131. The van der Waals surface area contributed by atoms with Crippen LogP contribution in [0.4, 0.5) is 0 Å². The molecule has 0 aromatic rings. The van der Waals surface area contributed by atoms with Gasteiger partial charge in [-0.1, -0.05) is 0 Å². The molecule has 1 saturated heterocycles. The van der Waals surface area contributed by atoms with Gasteiger partial charge in [-0.15, -0.1) is 0 Å². The van der Waals surface area contributed by atoms with Crippen molar-refractivity contribution in [3.05, 3.63) is 0 Å². The summed E-state index contributed by atoms with van der Waals surface area (Å²) in [6, 6.07) is 0. The molecule has 86 valence electrons. The normalized spacial score (nSPS) is 29.3. The topological polar surface area (TPSA) is 73.6 Å². The highest BCUT2D eigenvalue weighted by Gasteiger charge is 2.40. The minimum Gasteiger partial charge on any atom is -0.376 e. The van der Waals surface area contributed by atoms with E-state index in [0.717, 1.165) is 19.3 Å². The van der Waals surface area contributed by atoms with Crippen molar-refractivity contribution in [1.29, 1.82) is 0 Å². The summed E-state index contributed by atoms with van der Waals surface area (Å²) in [5, 5.41) is 2.83. The first-order chi connectivity index (χ1) is 7.21. The lowest BCUT2D eigenvalue weighted by Gasteiger charge is -2.36. The van der Waals surface area contributed by atoms with Crippen LogP contribution in [0.15, 0.2) is 0 Å². The smallest absolute Gasteiger partial charge is 0.240 e. The molecule has 1 amide bonds. The second-order valence-electron chi connectivity index (χ2n) is 4.29. The lowest BCUT2D eigenvalue weighted by Crippen LogP contribution is -2.59. The standard InChI is InChI=1S/C10H18N2O3/c11-10(2-1-3-10)9(13)12-6-8-7-14-4-5-15-8/h8H,1-7,11H2,(H,12,13). The lowest BCUT2D eigenvalue weighted by atomic mass is 9.77. The fourth-order valence-corrected chi connectivity index (χ4v) is 1.82. The number of nitrogens with two attached hydrogens (primary N) is 1. The second kappa shape index (κ2) is 4.47. The third-order valence-electron chi connectivity index (χ3n) is 3.07. The second-order valence-corrected chi connectivity index (χ2v) is 4.29. The monoisotopic (exact) mass is 214 g/mol. The first-order valence-electron chi connectivity index (χ1n) is 5.47. The van der Waals surface area contributed by atoms with Crippen molar-refractivity contribution in [2.75, 3.05) is 26.4 Å². The highest BCUT2D eigenvalue weighted by Crippen LogP contribution is 2.28. The predicted molar refractivity (Wildman–Crippen MR) is 54.3 cm³/mol. The average molecular weight is 214 g/mol. The molecule has 0 aromatic heterocycles. The van der Waals surface area contributed by atoms with Crippen molar-refractivity contribution in [2.24, 2.45) is 5.73 Å². The highest BCUT2D eigenvalue weighted by molar-refractivity contribution is 5.86. The molecular weight excluding hydrogens is 196 g/mol. The Balaban J connectivity index is 1.70. The van der Waals surface area contributed by atoms with E-state index in [1.807, 2.05) is 0 Å². The van der Waals surface area contributed by atoms with Crippen LogP contribution in [-0.4, -0.2) is 43.9 Å². The Morgan fingerprint density at radius 1 is 1.47 bits per heavy atom. The van der Waals surface area contributed by atoms with Crippen LogP contribution in [0.3, 0.4) is 0 Å². The van der Waals surface area contributed by atoms with Crippen molar-refractivity contribution in [3.8, 4) is 0 Å². The van der Waals surface area contributed by atoms with Gasteiger partial charge in [0.1, 0.15) is 0 Å². The number of ether oxygens (including phenoxy) is 2. The van der Waals surface area contributed by atoms with Crippen molar-refractivity contribution >= 4 is 5.91 Å². The first-order valence-corrected chi connectivity index (χ1v) is 5.47. The minimum atomic E-state index is -0.616. The quantitative estimate of drug-likeness (QED) is 0.658. The van der Waals surface area contributed by atoms with Gasteiger partial charge in [0, 0.05) is 6.54 Å². The van der Waals surface area contributed by atoms with Crippen LogP contribution in [0.25, 0.3) is 0 Å². The van der Waals surface area contributed by atoms with E-state index in [0.29, 0.717) is 26.4 Å². The van der Waals surface area contributed by atoms with Crippen LogP contribution in [0.2, 0.25) is 0 Å². The first kappa shape index (κ1) is 10.9. The molecule has 0 bridgehead atoms. The number of hydrogen-bond donors (Lipinski definition) is 2. The van der Waals surface area contributed by atoms with Crippen LogP contribution >= 0.6 is 0 Å². The molecular formula is C10H18N2O3. The molecule has 5 heteroatoms. The predicted octanol–water partition coefficient (Wildman–Crippen LogP) is -0.601. The number of rotatable bonds is 3. The molecule has 2 rings (SSSR count). The minimum absolute atomic E-state index is 0.0219. The van der Waals surface area contributed by atoms with E-state index in [2.05, 4.69) is 5.32 Å². The van der Waals surface area contributed by atoms with Gasteiger partial charge in [0.15, 0.2) is 0 Å². The van der Waals surface area contributed by atoms with E-state index >= 15 is 0 Å². The maximum Gasteiger partial charge on any atom is 0.240 e. The van der Waals surface area contributed by atoms with E-state index in [9.17, 15) is 4.79 Å². The molecule has 1 heterocycles. The van der Waals surface area contributed by atoms with E-state index < -0.39 is 5.54 Å². The number of amides is 1. The molecule has 3 N–H and O–H groups in total.